The first-order valence-electron chi connectivity index (χ1n) is 9.52. The number of benzene rings is 1. The van der Waals surface area contributed by atoms with Crippen molar-refractivity contribution in [1.29, 1.82) is 0 Å². The molecule has 27 heavy (non-hydrogen) atoms. The SMILES string of the molecule is Cc1c(C(=O)NC2CCN(Cc3cccnc3)CC2)oc2c(C)cccc12. The molecule has 140 valence electrons. The molecule has 1 aliphatic rings. The summed E-state index contributed by atoms with van der Waals surface area (Å²) in [4.78, 5) is 19.3. The standard InChI is InChI=1S/C22H25N3O2/c1-15-5-3-7-19-16(2)21(27-20(15)19)22(26)24-18-8-11-25(12-9-18)14-17-6-4-10-23-13-17/h3-7,10,13,18H,8-9,11-12,14H2,1-2H3,(H,24,26). The van der Waals surface area contributed by atoms with Crippen molar-refractivity contribution >= 4 is 16.9 Å². The maximum atomic E-state index is 12.8. The number of pyridine rings is 1. The molecule has 3 aromatic rings. The molecule has 5 heteroatoms. The minimum Gasteiger partial charge on any atom is -0.450 e. The zero-order valence-electron chi connectivity index (χ0n) is 15.9. The quantitative estimate of drug-likeness (QED) is 0.765. The summed E-state index contributed by atoms with van der Waals surface area (Å²) in [6, 6.07) is 10.3. The normalized spacial score (nSPS) is 15.9. The van der Waals surface area contributed by atoms with Crippen molar-refractivity contribution in [1.82, 2.24) is 15.2 Å². The minimum absolute atomic E-state index is 0.103. The number of nitrogens with zero attached hydrogens (tertiary/aromatic N) is 2. The van der Waals surface area contributed by atoms with Crippen LogP contribution in [-0.4, -0.2) is 34.9 Å². The van der Waals surface area contributed by atoms with Gasteiger partial charge < -0.3 is 9.73 Å². The number of hydrogen-bond donors (Lipinski definition) is 1. The number of furan rings is 1. The van der Waals surface area contributed by atoms with Crippen LogP contribution in [0.3, 0.4) is 0 Å². The predicted octanol–water partition coefficient (Wildman–Crippen LogP) is 3.84. The fourth-order valence-electron chi connectivity index (χ4n) is 3.84. The highest BCUT2D eigenvalue weighted by Gasteiger charge is 2.24. The van der Waals surface area contributed by atoms with Gasteiger partial charge in [0.15, 0.2) is 5.76 Å². The van der Waals surface area contributed by atoms with Crippen LogP contribution in [0, 0.1) is 13.8 Å². The maximum Gasteiger partial charge on any atom is 0.287 e. The summed E-state index contributed by atoms with van der Waals surface area (Å²) in [5.41, 5.74) is 4.01. The van der Waals surface area contributed by atoms with Crippen LogP contribution in [0.2, 0.25) is 0 Å². The average Bonchev–Trinajstić information content (AvgIpc) is 3.03. The van der Waals surface area contributed by atoms with Crippen molar-refractivity contribution in [2.24, 2.45) is 0 Å². The van der Waals surface area contributed by atoms with E-state index in [0.29, 0.717) is 5.76 Å². The van der Waals surface area contributed by atoms with Crippen molar-refractivity contribution in [3.05, 3.63) is 65.2 Å². The van der Waals surface area contributed by atoms with E-state index in [-0.39, 0.29) is 11.9 Å². The Kier molecular flexibility index (Phi) is 4.94. The van der Waals surface area contributed by atoms with E-state index in [2.05, 4.69) is 21.3 Å². The van der Waals surface area contributed by atoms with E-state index in [4.69, 9.17) is 4.42 Å². The first-order chi connectivity index (χ1) is 13.1. The average molecular weight is 363 g/mol. The summed E-state index contributed by atoms with van der Waals surface area (Å²) in [6.45, 7) is 6.81. The first kappa shape index (κ1) is 17.7. The number of likely N-dealkylation sites (tertiary alicyclic amines) is 1. The second-order valence-corrected chi connectivity index (χ2v) is 7.39. The number of fused-ring (bicyclic) bond motifs is 1. The lowest BCUT2D eigenvalue weighted by molar-refractivity contribution is 0.0882. The molecule has 0 atom stereocenters. The molecule has 5 nitrogen and oxygen atoms in total. The van der Waals surface area contributed by atoms with Gasteiger partial charge in [-0.15, -0.1) is 0 Å². The minimum atomic E-state index is -0.103. The van der Waals surface area contributed by atoms with Crippen LogP contribution >= 0.6 is 0 Å². The molecule has 1 aromatic carbocycles. The molecule has 2 aromatic heterocycles. The molecule has 0 radical (unpaired) electrons. The Morgan fingerprint density at radius 3 is 2.74 bits per heavy atom. The van der Waals surface area contributed by atoms with E-state index in [1.165, 1.54) is 5.56 Å². The number of rotatable bonds is 4. The molecule has 0 spiro atoms. The number of amides is 1. The monoisotopic (exact) mass is 363 g/mol. The molecule has 1 fully saturated rings. The molecular weight excluding hydrogens is 338 g/mol. The summed E-state index contributed by atoms with van der Waals surface area (Å²) >= 11 is 0. The van der Waals surface area contributed by atoms with Crippen molar-refractivity contribution < 1.29 is 9.21 Å². The number of piperidine rings is 1. The van der Waals surface area contributed by atoms with Crippen LogP contribution in [0.5, 0.6) is 0 Å². The highest BCUT2D eigenvalue weighted by molar-refractivity contribution is 5.99. The Hall–Kier alpha value is -2.66. The van der Waals surface area contributed by atoms with Crippen LogP contribution in [-0.2, 0) is 6.54 Å². The van der Waals surface area contributed by atoms with Crippen molar-refractivity contribution in [3.8, 4) is 0 Å². The van der Waals surface area contributed by atoms with Gasteiger partial charge in [-0.05, 0) is 43.9 Å². The van der Waals surface area contributed by atoms with Gasteiger partial charge in [-0.2, -0.15) is 0 Å². The van der Waals surface area contributed by atoms with Gasteiger partial charge in [-0.1, -0.05) is 24.3 Å². The van der Waals surface area contributed by atoms with Crippen molar-refractivity contribution in [3.63, 3.8) is 0 Å². The molecule has 1 amide bonds. The van der Waals surface area contributed by atoms with Gasteiger partial charge in [0.2, 0.25) is 0 Å². The smallest absolute Gasteiger partial charge is 0.287 e. The Balaban J connectivity index is 1.37. The van der Waals surface area contributed by atoms with Crippen LogP contribution in [0.25, 0.3) is 11.0 Å². The Morgan fingerprint density at radius 1 is 1.22 bits per heavy atom. The number of para-hydroxylation sites is 1. The summed E-state index contributed by atoms with van der Waals surface area (Å²) in [7, 11) is 0. The van der Waals surface area contributed by atoms with Gasteiger partial charge in [0, 0.05) is 49.0 Å². The number of hydrogen-bond acceptors (Lipinski definition) is 4. The Labute approximate surface area is 159 Å². The largest absolute Gasteiger partial charge is 0.450 e. The molecule has 0 saturated carbocycles. The van der Waals surface area contributed by atoms with Crippen molar-refractivity contribution in [2.45, 2.75) is 39.3 Å². The molecule has 1 aliphatic heterocycles. The van der Waals surface area contributed by atoms with Crippen LogP contribution in [0.1, 0.15) is 40.1 Å². The molecule has 1 N–H and O–H groups in total. The third kappa shape index (κ3) is 3.74. The predicted molar refractivity (Wildman–Crippen MR) is 106 cm³/mol. The number of aromatic nitrogens is 1. The van der Waals surface area contributed by atoms with Crippen LogP contribution in [0.4, 0.5) is 0 Å². The number of carbonyl (C=O) groups is 1. The second-order valence-electron chi connectivity index (χ2n) is 7.39. The first-order valence-corrected chi connectivity index (χ1v) is 9.52. The fourth-order valence-corrected chi connectivity index (χ4v) is 3.84. The zero-order chi connectivity index (χ0) is 18.8. The van der Waals surface area contributed by atoms with Crippen LogP contribution in [0.15, 0.2) is 47.1 Å². The lowest BCUT2D eigenvalue weighted by Crippen LogP contribution is -2.44. The number of aryl methyl sites for hydroxylation is 2. The summed E-state index contributed by atoms with van der Waals surface area (Å²) in [6.07, 6.45) is 5.61. The van der Waals surface area contributed by atoms with Gasteiger partial charge in [-0.3, -0.25) is 14.7 Å². The zero-order valence-corrected chi connectivity index (χ0v) is 15.9. The van der Waals surface area contributed by atoms with Crippen molar-refractivity contribution in [2.75, 3.05) is 13.1 Å². The third-order valence-corrected chi connectivity index (χ3v) is 5.42. The van der Waals surface area contributed by atoms with Gasteiger partial charge in [0.25, 0.3) is 5.91 Å². The van der Waals surface area contributed by atoms with E-state index in [1.54, 1.807) is 6.20 Å². The second kappa shape index (κ2) is 7.53. The van der Waals surface area contributed by atoms with E-state index in [0.717, 1.165) is 54.6 Å². The lowest BCUT2D eigenvalue weighted by Gasteiger charge is -2.32. The lowest BCUT2D eigenvalue weighted by atomic mass is 10.0. The molecule has 0 unspecified atom stereocenters. The molecule has 4 rings (SSSR count). The number of carbonyl (C=O) groups excluding carboxylic acids is 1. The Morgan fingerprint density at radius 2 is 2.04 bits per heavy atom. The topological polar surface area (TPSA) is 58.4 Å². The fraction of sp³-hybridized carbons (Fsp3) is 0.364. The van der Waals surface area contributed by atoms with E-state index in [9.17, 15) is 4.79 Å². The summed E-state index contributed by atoms with van der Waals surface area (Å²) in [5, 5.41) is 4.19. The van der Waals surface area contributed by atoms with E-state index in [1.807, 2.05) is 44.3 Å². The highest BCUT2D eigenvalue weighted by Crippen LogP contribution is 2.28. The maximum absolute atomic E-state index is 12.8. The summed E-state index contributed by atoms with van der Waals surface area (Å²) in [5.74, 6) is 0.339. The van der Waals surface area contributed by atoms with E-state index < -0.39 is 0 Å². The third-order valence-electron chi connectivity index (χ3n) is 5.42. The molecular formula is C22H25N3O2. The van der Waals surface area contributed by atoms with Gasteiger partial charge in [0.05, 0.1) is 0 Å². The Bertz CT molecular complexity index is 941. The van der Waals surface area contributed by atoms with Gasteiger partial charge in [-0.25, -0.2) is 0 Å². The molecule has 3 heterocycles. The van der Waals surface area contributed by atoms with Gasteiger partial charge in [0.1, 0.15) is 5.58 Å². The van der Waals surface area contributed by atoms with E-state index >= 15 is 0 Å². The van der Waals surface area contributed by atoms with Gasteiger partial charge >= 0.3 is 0 Å². The molecule has 0 bridgehead atoms. The molecule has 1 saturated heterocycles. The molecule has 0 aliphatic carbocycles. The summed E-state index contributed by atoms with van der Waals surface area (Å²) < 4.78 is 5.90. The highest BCUT2D eigenvalue weighted by atomic mass is 16.3. The number of nitrogens with one attached hydrogen (secondary N) is 1. The van der Waals surface area contributed by atoms with Crippen LogP contribution < -0.4 is 5.32 Å².